The molecule has 0 aromatic heterocycles. The molecule has 0 radical (unpaired) electrons. The predicted octanol–water partition coefficient (Wildman–Crippen LogP) is 7.33. The molecule has 0 N–H and O–H groups in total. The fraction of sp³-hybridized carbons (Fsp3) is 0.462. The third-order valence-electron chi connectivity index (χ3n) is 5.88. The first-order valence-corrected chi connectivity index (χ1v) is 14.7. The lowest BCUT2D eigenvalue weighted by Crippen LogP contribution is -2.16. The molecule has 4 nitrogen and oxygen atoms in total. The van der Waals surface area contributed by atoms with E-state index in [9.17, 15) is 14.2 Å². The molecule has 0 amide bonds. The summed E-state index contributed by atoms with van der Waals surface area (Å²) in [5.41, 5.74) is 6.76. The minimum Gasteiger partial charge on any atom is -0.328 e. The molecule has 174 valence electrons. The molecule has 0 aliphatic rings. The quantitative estimate of drug-likeness (QED) is 0.338. The van der Waals surface area contributed by atoms with E-state index in [1.54, 1.807) is 0 Å². The van der Waals surface area contributed by atoms with E-state index in [1.807, 2.05) is 79.7 Å². The van der Waals surface area contributed by atoms with E-state index >= 15 is 0 Å². The molecule has 0 heterocycles. The molecule has 0 aliphatic heterocycles. The highest BCUT2D eigenvalue weighted by Gasteiger charge is 2.32. The van der Waals surface area contributed by atoms with E-state index in [2.05, 4.69) is 0 Å². The Labute approximate surface area is 194 Å². The van der Waals surface area contributed by atoms with Gasteiger partial charge in [0.25, 0.3) is 0 Å². The zero-order chi connectivity index (χ0) is 24.2. The number of hydrogen-bond donors (Lipinski definition) is 0. The molecule has 2 rings (SSSR count). The molecule has 32 heavy (non-hydrogen) atoms. The van der Waals surface area contributed by atoms with Gasteiger partial charge in [0.1, 0.15) is 0 Å². The lowest BCUT2D eigenvalue weighted by molar-refractivity contribution is 0.105. The fourth-order valence-electron chi connectivity index (χ4n) is 4.30. The van der Waals surface area contributed by atoms with Crippen molar-refractivity contribution >= 4 is 26.3 Å². The normalized spacial score (nSPS) is 11.8. The van der Waals surface area contributed by atoms with Crippen LogP contribution in [0, 0.1) is 41.5 Å². The van der Waals surface area contributed by atoms with E-state index in [4.69, 9.17) is 4.52 Å². The van der Waals surface area contributed by atoms with E-state index in [0.29, 0.717) is 23.5 Å². The Balaban J connectivity index is 2.49. The average Bonchev–Trinajstić information content (AvgIpc) is 2.69. The Morgan fingerprint density at radius 3 is 1.41 bits per heavy atom. The molecular weight excluding hydrogens is 438 g/mol. The first kappa shape index (κ1) is 26.7. The summed E-state index contributed by atoms with van der Waals surface area (Å²) in [5.74, 6) is 0. The van der Waals surface area contributed by atoms with Crippen molar-refractivity contribution < 1.29 is 18.7 Å². The Morgan fingerprint density at radius 1 is 0.750 bits per heavy atom. The Morgan fingerprint density at radius 2 is 1.09 bits per heavy atom. The van der Waals surface area contributed by atoms with Crippen LogP contribution in [0.25, 0.3) is 0 Å². The number of carbonyl (C=O) groups is 2. The molecule has 0 fully saturated rings. The largest absolute Gasteiger partial charge is 0.328 e. The summed E-state index contributed by atoms with van der Waals surface area (Å²) >= 11 is 0. The number of aryl methyl sites for hydroxylation is 6. The van der Waals surface area contributed by atoms with E-state index in [0.717, 1.165) is 33.4 Å². The third kappa shape index (κ3) is 6.04. The Hall–Kier alpha value is -1.60. The van der Waals surface area contributed by atoms with Crippen LogP contribution >= 0.6 is 15.3 Å². The second-order valence-corrected chi connectivity index (χ2v) is 13.9. The van der Waals surface area contributed by atoms with Crippen molar-refractivity contribution in [1.29, 1.82) is 0 Å². The van der Waals surface area contributed by atoms with Gasteiger partial charge in [0.15, 0.2) is 11.0 Å². The zero-order valence-corrected chi connectivity index (χ0v) is 22.5. The Bertz CT molecular complexity index is 948. The highest BCUT2D eigenvalue weighted by atomic mass is 31.2. The van der Waals surface area contributed by atoms with Gasteiger partial charge in [-0.05, 0) is 63.8 Å². The molecule has 0 saturated heterocycles. The standard InChI is InChI=1S/C26H36O4P2/c1-9-32(29,10-2)30-11-12-31(25(27)23-19(5)13-17(3)14-20(23)6)26(28)24-21(7)15-18(4)16-22(24)8/h13-16H,9-12H2,1-8H3. The van der Waals surface area contributed by atoms with Crippen LogP contribution in [0.5, 0.6) is 0 Å². The predicted molar refractivity (Wildman–Crippen MR) is 136 cm³/mol. The lowest BCUT2D eigenvalue weighted by Gasteiger charge is -2.22. The van der Waals surface area contributed by atoms with Gasteiger partial charge >= 0.3 is 0 Å². The molecule has 0 atom stereocenters. The van der Waals surface area contributed by atoms with Crippen molar-refractivity contribution in [1.82, 2.24) is 0 Å². The lowest BCUT2D eigenvalue weighted by atomic mass is 10.0. The fourth-order valence-corrected chi connectivity index (χ4v) is 7.79. The van der Waals surface area contributed by atoms with Gasteiger partial charge < -0.3 is 4.52 Å². The molecule has 0 bridgehead atoms. The summed E-state index contributed by atoms with van der Waals surface area (Å²) in [6, 6.07) is 7.94. The first-order chi connectivity index (χ1) is 14.9. The van der Waals surface area contributed by atoms with Crippen molar-refractivity contribution in [2.24, 2.45) is 0 Å². The Kier molecular flexibility index (Phi) is 9.17. The summed E-state index contributed by atoms with van der Waals surface area (Å²) in [7, 11) is -4.41. The maximum Gasteiger partial charge on any atom is 0.202 e. The van der Waals surface area contributed by atoms with E-state index in [1.165, 1.54) is 0 Å². The van der Waals surface area contributed by atoms with E-state index < -0.39 is 15.3 Å². The van der Waals surface area contributed by atoms with Crippen molar-refractivity contribution in [3.05, 3.63) is 68.8 Å². The molecule has 0 spiro atoms. The molecule has 0 saturated carbocycles. The highest BCUT2D eigenvalue weighted by molar-refractivity contribution is 7.90. The molecule has 6 heteroatoms. The topological polar surface area (TPSA) is 60.4 Å². The summed E-state index contributed by atoms with van der Waals surface area (Å²) < 4.78 is 18.5. The minimum atomic E-state index is -2.71. The zero-order valence-electron chi connectivity index (χ0n) is 20.7. The van der Waals surface area contributed by atoms with Gasteiger partial charge in [0, 0.05) is 37.5 Å². The van der Waals surface area contributed by atoms with Crippen molar-refractivity contribution in [2.45, 2.75) is 55.4 Å². The maximum atomic E-state index is 13.8. The SMILES string of the molecule is CCP(=O)(CC)OCCP(C(=O)c1c(C)cc(C)cc1C)C(=O)c1c(C)cc(C)cc1C. The first-order valence-electron chi connectivity index (χ1n) is 11.2. The molecule has 0 unspecified atom stereocenters. The summed E-state index contributed by atoms with van der Waals surface area (Å²) in [4.78, 5) is 27.6. The molecule has 0 aliphatic carbocycles. The van der Waals surface area contributed by atoms with E-state index in [-0.39, 0.29) is 23.8 Å². The van der Waals surface area contributed by atoms with Gasteiger partial charge in [-0.15, -0.1) is 0 Å². The second kappa shape index (κ2) is 11.0. The van der Waals surface area contributed by atoms with Crippen LogP contribution in [0.1, 0.15) is 67.9 Å². The monoisotopic (exact) mass is 474 g/mol. The second-order valence-electron chi connectivity index (χ2n) is 8.59. The number of rotatable bonds is 10. The molecular formula is C26H36O4P2. The number of carbonyl (C=O) groups excluding carboxylic acids is 2. The molecule has 2 aromatic rings. The summed E-state index contributed by atoms with van der Waals surface area (Å²) in [6.45, 7) is 15.5. The van der Waals surface area contributed by atoms with Crippen LogP contribution in [-0.2, 0) is 9.09 Å². The summed E-state index contributed by atoms with van der Waals surface area (Å²) in [6.07, 6.45) is 1.18. The van der Waals surface area contributed by atoms with Crippen LogP contribution in [-0.4, -0.2) is 36.1 Å². The van der Waals surface area contributed by atoms with Crippen molar-refractivity contribution in [3.8, 4) is 0 Å². The molecule has 2 aromatic carbocycles. The van der Waals surface area contributed by atoms with Gasteiger partial charge in [-0.1, -0.05) is 49.2 Å². The van der Waals surface area contributed by atoms with Crippen LogP contribution in [0.3, 0.4) is 0 Å². The van der Waals surface area contributed by atoms with Crippen LogP contribution in [0.4, 0.5) is 0 Å². The van der Waals surface area contributed by atoms with Crippen LogP contribution in [0.2, 0.25) is 0 Å². The smallest absolute Gasteiger partial charge is 0.202 e. The van der Waals surface area contributed by atoms with Crippen LogP contribution in [0.15, 0.2) is 24.3 Å². The van der Waals surface area contributed by atoms with Gasteiger partial charge in [-0.25, -0.2) is 0 Å². The van der Waals surface area contributed by atoms with Gasteiger partial charge in [-0.3, -0.25) is 14.2 Å². The van der Waals surface area contributed by atoms with Gasteiger partial charge in [-0.2, -0.15) is 0 Å². The van der Waals surface area contributed by atoms with Crippen molar-refractivity contribution in [3.63, 3.8) is 0 Å². The third-order valence-corrected chi connectivity index (χ3v) is 10.5. The summed E-state index contributed by atoms with van der Waals surface area (Å²) in [5, 5.41) is 0. The van der Waals surface area contributed by atoms with Crippen molar-refractivity contribution in [2.75, 3.05) is 25.1 Å². The maximum absolute atomic E-state index is 13.8. The highest BCUT2D eigenvalue weighted by Crippen LogP contribution is 2.49. The number of hydrogen-bond acceptors (Lipinski definition) is 4. The average molecular weight is 475 g/mol. The number of benzene rings is 2. The van der Waals surface area contributed by atoms with Gasteiger partial charge in [0.2, 0.25) is 7.37 Å². The van der Waals surface area contributed by atoms with Crippen LogP contribution < -0.4 is 0 Å². The minimum absolute atomic E-state index is 0.120. The van der Waals surface area contributed by atoms with Gasteiger partial charge in [0.05, 0.1) is 6.61 Å².